The second-order valence-corrected chi connectivity index (χ2v) is 8.88. The van der Waals surface area contributed by atoms with Crippen LogP contribution in [0.25, 0.3) is 10.8 Å². The molecule has 0 aliphatic rings. The molecule has 0 aliphatic heterocycles. The van der Waals surface area contributed by atoms with Crippen molar-refractivity contribution in [3.05, 3.63) is 72.3 Å². The first-order valence-electron chi connectivity index (χ1n) is 9.25. The maximum absolute atomic E-state index is 12.5. The zero-order valence-corrected chi connectivity index (χ0v) is 16.8. The molecule has 0 fully saturated rings. The quantitative estimate of drug-likeness (QED) is 0.603. The van der Waals surface area contributed by atoms with E-state index in [-0.39, 0.29) is 11.4 Å². The highest BCUT2D eigenvalue weighted by Crippen LogP contribution is 2.24. The van der Waals surface area contributed by atoms with Gasteiger partial charge in [0.25, 0.3) is 0 Å². The lowest BCUT2D eigenvalue weighted by Crippen LogP contribution is -2.28. The predicted molar refractivity (Wildman–Crippen MR) is 111 cm³/mol. The summed E-state index contributed by atoms with van der Waals surface area (Å²) in [6.07, 6.45) is -0.950. The minimum atomic E-state index is -3.73. The van der Waals surface area contributed by atoms with Crippen LogP contribution in [0.15, 0.2) is 71.6 Å². The van der Waals surface area contributed by atoms with Crippen molar-refractivity contribution in [2.75, 3.05) is 13.2 Å². The SMILES string of the molecule is CC(C)COc1ccc(S(=O)(=O)NCC(O)c2cccc3ccccc23)cc1. The fraction of sp³-hybridized carbons (Fsp3) is 0.273. The molecule has 0 bridgehead atoms. The summed E-state index contributed by atoms with van der Waals surface area (Å²) in [5.41, 5.74) is 0.693. The van der Waals surface area contributed by atoms with Crippen molar-refractivity contribution in [2.24, 2.45) is 5.92 Å². The van der Waals surface area contributed by atoms with E-state index in [9.17, 15) is 13.5 Å². The predicted octanol–water partition coefficient (Wildman–Crippen LogP) is 3.89. The van der Waals surface area contributed by atoms with Crippen molar-refractivity contribution in [3.8, 4) is 5.75 Å². The van der Waals surface area contributed by atoms with Crippen molar-refractivity contribution in [3.63, 3.8) is 0 Å². The van der Waals surface area contributed by atoms with Crippen LogP contribution < -0.4 is 9.46 Å². The summed E-state index contributed by atoms with van der Waals surface area (Å²) in [5, 5.41) is 12.5. The van der Waals surface area contributed by atoms with Crippen LogP contribution in [-0.4, -0.2) is 26.7 Å². The molecule has 3 aromatic carbocycles. The van der Waals surface area contributed by atoms with Gasteiger partial charge in [0, 0.05) is 6.54 Å². The molecule has 0 saturated carbocycles. The van der Waals surface area contributed by atoms with Crippen LogP contribution >= 0.6 is 0 Å². The lowest BCUT2D eigenvalue weighted by Gasteiger charge is -2.15. The number of aliphatic hydroxyl groups excluding tert-OH is 1. The summed E-state index contributed by atoms with van der Waals surface area (Å²) in [4.78, 5) is 0.134. The van der Waals surface area contributed by atoms with Crippen molar-refractivity contribution in [1.82, 2.24) is 4.72 Å². The van der Waals surface area contributed by atoms with Gasteiger partial charge in [-0.2, -0.15) is 0 Å². The van der Waals surface area contributed by atoms with Crippen LogP contribution in [0.4, 0.5) is 0 Å². The Morgan fingerprint density at radius 2 is 1.64 bits per heavy atom. The van der Waals surface area contributed by atoms with Crippen molar-refractivity contribution < 1.29 is 18.3 Å². The van der Waals surface area contributed by atoms with E-state index < -0.39 is 16.1 Å². The Kier molecular flexibility index (Phi) is 6.34. The highest BCUT2D eigenvalue weighted by Gasteiger charge is 2.18. The first-order valence-corrected chi connectivity index (χ1v) is 10.7. The van der Waals surface area contributed by atoms with Crippen LogP contribution in [-0.2, 0) is 10.0 Å². The molecule has 6 heteroatoms. The third kappa shape index (κ3) is 4.90. The molecule has 0 radical (unpaired) electrons. The molecule has 0 spiro atoms. The van der Waals surface area contributed by atoms with Gasteiger partial charge in [-0.3, -0.25) is 0 Å². The molecule has 1 atom stereocenters. The molecule has 0 amide bonds. The van der Waals surface area contributed by atoms with Gasteiger partial charge in [0.2, 0.25) is 10.0 Å². The topological polar surface area (TPSA) is 75.6 Å². The van der Waals surface area contributed by atoms with E-state index in [1.807, 2.05) is 56.3 Å². The van der Waals surface area contributed by atoms with E-state index in [0.717, 1.165) is 10.8 Å². The molecule has 3 aromatic rings. The Labute approximate surface area is 166 Å². The number of aliphatic hydroxyl groups is 1. The smallest absolute Gasteiger partial charge is 0.240 e. The minimum Gasteiger partial charge on any atom is -0.493 e. The number of hydrogen-bond donors (Lipinski definition) is 2. The molecular weight excluding hydrogens is 374 g/mol. The standard InChI is InChI=1S/C22H25NO4S/c1-16(2)15-27-18-10-12-19(13-11-18)28(25,26)23-14-22(24)21-9-5-7-17-6-3-4-8-20(17)21/h3-13,16,22-24H,14-15H2,1-2H3. The molecular formula is C22H25NO4S. The summed E-state index contributed by atoms with van der Waals surface area (Å²) < 4.78 is 33.2. The molecule has 2 N–H and O–H groups in total. The van der Waals surface area contributed by atoms with Gasteiger partial charge in [0.1, 0.15) is 5.75 Å². The number of fused-ring (bicyclic) bond motifs is 1. The Bertz CT molecular complexity index is 1020. The molecule has 148 valence electrons. The van der Waals surface area contributed by atoms with E-state index in [4.69, 9.17) is 4.74 Å². The molecule has 5 nitrogen and oxygen atoms in total. The van der Waals surface area contributed by atoms with Crippen molar-refractivity contribution in [2.45, 2.75) is 24.8 Å². The molecule has 0 saturated heterocycles. The summed E-state index contributed by atoms with van der Waals surface area (Å²) in [7, 11) is -3.73. The van der Waals surface area contributed by atoms with E-state index in [0.29, 0.717) is 23.8 Å². The molecule has 0 heterocycles. The summed E-state index contributed by atoms with van der Waals surface area (Å²) >= 11 is 0. The lowest BCUT2D eigenvalue weighted by atomic mass is 10.0. The molecule has 28 heavy (non-hydrogen) atoms. The number of ether oxygens (including phenoxy) is 1. The fourth-order valence-corrected chi connectivity index (χ4v) is 3.94. The molecule has 0 aromatic heterocycles. The minimum absolute atomic E-state index is 0.109. The second-order valence-electron chi connectivity index (χ2n) is 7.11. The summed E-state index contributed by atoms with van der Waals surface area (Å²) in [6.45, 7) is 4.55. The largest absolute Gasteiger partial charge is 0.493 e. The van der Waals surface area contributed by atoms with Gasteiger partial charge in [-0.25, -0.2) is 13.1 Å². The maximum atomic E-state index is 12.5. The highest BCUT2D eigenvalue weighted by atomic mass is 32.2. The van der Waals surface area contributed by atoms with Crippen LogP contribution in [0, 0.1) is 5.92 Å². The Hall–Kier alpha value is -2.41. The summed E-state index contributed by atoms with van der Waals surface area (Å²) in [5.74, 6) is 1.02. The summed E-state index contributed by atoms with van der Waals surface area (Å²) in [6, 6.07) is 19.6. The number of hydrogen-bond acceptors (Lipinski definition) is 4. The number of benzene rings is 3. The van der Waals surface area contributed by atoms with E-state index in [2.05, 4.69) is 4.72 Å². The zero-order valence-electron chi connectivity index (χ0n) is 16.0. The third-order valence-corrected chi connectivity index (χ3v) is 5.81. The van der Waals surface area contributed by atoms with Gasteiger partial charge in [-0.1, -0.05) is 56.3 Å². The Balaban J connectivity index is 1.69. The van der Waals surface area contributed by atoms with E-state index in [1.165, 1.54) is 12.1 Å². The van der Waals surface area contributed by atoms with Gasteiger partial charge in [-0.15, -0.1) is 0 Å². The highest BCUT2D eigenvalue weighted by molar-refractivity contribution is 7.89. The van der Waals surface area contributed by atoms with Gasteiger partial charge >= 0.3 is 0 Å². The first-order chi connectivity index (χ1) is 13.4. The normalized spacial score (nSPS) is 13.0. The van der Waals surface area contributed by atoms with E-state index in [1.54, 1.807) is 12.1 Å². The van der Waals surface area contributed by atoms with Gasteiger partial charge in [-0.05, 0) is 46.5 Å². The van der Waals surface area contributed by atoms with E-state index >= 15 is 0 Å². The van der Waals surface area contributed by atoms with Gasteiger partial charge < -0.3 is 9.84 Å². The monoisotopic (exact) mass is 399 g/mol. The number of sulfonamides is 1. The van der Waals surface area contributed by atoms with Crippen molar-refractivity contribution in [1.29, 1.82) is 0 Å². The number of rotatable bonds is 8. The van der Waals surface area contributed by atoms with Crippen molar-refractivity contribution >= 4 is 20.8 Å². The second kappa shape index (κ2) is 8.73. The maximum Gasteiger partial charge on any atom is 0.240 e. The Morgan fingerprint density at radius 1 is 0.964 bits per heavy atom. The van der Waals surface area contributed by atoms with Crippen LogP contribution in [0.1, 0.15) is 25.5 Å². The first kappa shape index (κ1) is 20.3. The zero-order chi connectivity index (χ0) is 20.1. The molecule has 0 aliphatic carbocycles. The number of nitrogens with one attached hydrogen (secondary N) is 1. The Morgan fingerprint density at radius 3 is 2.36 bits per heavy atom. The van der Waals surface area contributed by atoms with Crippen LogP contribution in [0.3, 0.4) is 0 Å². The van der Waals surface area contributed by atoms with Gasteiger partial charge in [0.05, 0.1) is 17.6 Å². The lowest BCUT2D eigenvalue weighted by molar-refractivity contribution is 0.183. The van der Waals surface area contributed by atoms with Gasteiger partial charge in [0.15, 0.2) is 0 Å². The fourth-order valence-electron chi connectivity index (χ4n) is 2.90. The van der Waals surface area contributed by atoms with Crippen LogP contribution in [0.5, 0.6) is 5.75 Å². The molecule has 1 unspecified atom stereocenters. The average Bonchev–Trinajstić information content (AvgIpc) is 2.70. The third-order valence-electron chi connectivity index (χ3n) is 4.37. The average molecular weight is 400 g/mol. The van der Waals surface area contributed by atoms with Crippen LogP contribution in [0.2, 0.25) is 0 Å². The molecule has 3 rings (SSSR count).